The zero-order chi connectivity index (χ0) is 14.1. The first-order valence-corrected chi connectivity index (χ1v) is 7.68. The molecule has 0 fully saturated rings. The Morgan fingerprint density at radius 1 is 1.25 bits per heavy atom. The summed E-state index contributed by atoms with van der Waals surface area (Å²) in [5.74, 6) is 1.02. The van der Waals surface area contributed by atoms with Crippen LogP contribution in [0.25, 0.3) is 21.7 Å². The van der Waals surface area contributed by atoms with Crippen LogP contribution in [0.15, 0.2) is 24.3 Å². The van der Waals surface area contributed by atoms with Gasteiger partial charge in [-0.05, 0) is 25.5 Å². The minimum atomic E-state index is 0.486. The van der Waals surface area contributed by atoms with Gasteiger partial charge in [0.05, 0.1) is 21.6 Å². The van der Waals surface area contributed by atoms with E-state index < -0.39 is 0 Å². The fourth-order valence-electron chi connectivity index (χ4n) is 2.45. The molecular weight excluding hydrogens is 268 g/mol. The number of fused-ring (bicyclic) bond motifs is 1. The number of benzene rings is 1. The molecule has 0 unspecified atom stereocenters. The van der Waals surface area contributed by atoms with Crippen LogP contribution >= 0.6 is 11.3 Å². The molecule has 0 spiro atoms. The third-order valence-corrected chi connectivity index (χ3v) is 4.50. The van der Waals surface area contributed by atoms with Gasteiger partial charge in [0.25, 0.3) is 0 Å². The number of aromatic nitrogens is 3. The van der Waals surface area contributed by atoms with Gasteiger partial charge in [-0.25, -0.2) is 9.97 Å². The molecule has 4 nitrogen and oxygen atoms in total. The van der Waals surface area contributed by atoms with Gasteiger partial charge in [0.2, 0.25) is 0 Å². The topological polar surface area (TPSA) is 56.7 Å². The molecule has 2 aromatic heterocycles. The highest BCUT2D eigenvalue weighted by atomic mass is 32.1. The Morgan fingerprint density at radius 3 is 2.75 bits per heavy atom. The van der Waals surface area contributed by atoms with Crippen molar-refractivity contribution < 1.29 is 0 Å². The predicted octanol–water partition coefficient (Wildman–Crippen LogP) is 3.34. The number of nitrogens with two attached hydrogens (primary N) is 1. The average molecular weight is 286 g/mol. The first-order valence-electron chi connectivity index (χ1n) is 6.86. The van der Waals surface area contributed by atoms with Crippen LogP contribution < -0.4 is 5.73 Å². The van der Waals surface area contributed by atoms with Crippen molar-refractivity contribution in [2.75, 3.05) is 0 Å². The number of thiazole rings is 1. The highest BCUT2D eigenvalue weighted by molar-refractivity contribution is 7.15. The maximum absolute atomic E-state index is 5.70. The maximum Gasteiger partial charge on any atom is 0.153 e. The van der Waals surface area contributed by atoms with Crippen LogP contribution in [0.1, 0.15) is 24.0 Å². The standard InChI is InChI=1S/C15H18N4S/c1-3-8-19-12-7-5-4-6-11(12)18-15(19)14-10(2)17-13(9-16)20-14/h4-7H,3,8-9,16H2,1-2H3. The molecule has 0 saturated heterocycles. The lowest BCUT2D eigenvalue weighted by Crippen LogP contribution is -1.99. The number of nitrogens with zero attached hydrogens (tertiary/aromatic N) is 3. The zero-order valence-electron chi connectivity index (χ0n) is 11.8. The van der Waals surface area contributed by atoms with E-state index in [9.17, 15) is 0 Å². The molecule has 0 saturated carbocycles. The Hall–Kier alpha value is -1.72. The van der Waals surface area contributed by atoms with E-state index in [2.05, 4.69) is 34.7 Å². The van der Waals surface area contributed by atoms with E-state index >= 15 is 0 Å². The second kappa shape index (κ2) is 5.34. The lowest BCUT2D eigenvalue weighted by molar-refractivity contribution is 0.704. The summed E-state index contributed by atoms with van der Waals surface area (Å²) in [6.07, 6.45) is 1.08. The number of imidazole rings is 1. The van der Waals surface area contributed by atoms with Crippen molar-refractivity contribution in [1.82, 2.24) is 14.5 Å². The van der Waals surface area contributed by atoms with Crippen molar-refractivity contribution in [3.8, 4) is 10.7 Å². The van der Waals surface area contributed by atoms with Crippen LogP contribution in [0.2, 0.25) is 0 Å². The van der Waals surface area contributed by atoms with Gasteiger partial charge in [0.15, 0.2) is 5.82 Å². The van der Waals surface area contributed by atoms with E-state index in [4.69, 9.17) is 10.7 Å². The van der Waals surface area contributed by atoms with E-state index in [-0.39, 0.29) is 0 Å². The minimum Gasteiger partial charge on any atom is -0.325 e. The molecule has 5 heteroatoms. The van der Waals surface area contributed by atoms with Gasteiger partial charge in [-0.2, -0.15) is 0 Å². The molecule has 2 N–H and O–H groups in total. The third-order valence-electron chi connectivity index (χ3n) is 3.32. The summed E-state index contributed by atoms with van der Waals surface area (Å²) >= 11 is 1.65. The van der Waals surface area contributed by atoms with Crippen LogP contribution in [0.4, 0.5) is 0 Å². The van der Waals surface area contributed by atoms with E-state index in [0.29, 0.717) is 6.54 Å². The highest BCUT2D eigenvalue weighted by Crippen LogP contribution is 2.32. The van der Waals surface area contributed by atoms with Gasteiger partial charge >= 0.3 is 0 Å². The molecule has 104 valence electrons. The molecule has 1 aromatic carbocycles. The molecule has 0 bridgehead atoms. The van der Waals surface area contributed by atoms with Gasteiger partial charge in [-0.1, -0.05) is 19.1 Å². The Kier molecular flexibility index (Phi) is 3.54. The number of hydrogen-bond donors (Lipinski definition) is 1. The molecule has 0 aliphatic carbocycles. The van der Waals surface area contributed by atoms with Gasteiger partial charge in [-0.15, -0.1) is 11.3 Å². The minimum absolute atomic E-state index is 0.486. The smallest absolute Gasteiger partial charge is 0.153 e. The van der Waals surface area contributed by atoms with Gasteiger partial charge in [0, 0.05) is 13.1 Å². The van der Waals surface area contributed by atoms with Gasteiger partial charge in [0.1, 0.15) is 5.01 Å². The van der Waals surface area contributed by atoms with Gasteiger partial charge < -0.3 is 10.3 Å². The van der Waals surface area contributed by atoms with Crippen molar-refractivity contribution in [2.45, 2.75) is 33.4 Å². The van der Waals surface area contributed by atoms with Crippen LogP contribution in [0.5, 0.6) is 0 Å². The lowest BCUT2D eigenvalue weighted by Gasteiger charge is -2.06. The van der Waals surface area contributed by atoms with Crippen LogP contribution in [-0.2, 0) is 13.1 Å². The lowest BCUT2D eigenvalue weighted by atomic mass is 10.3. The molecule has 0 amide bonds. The molecule has 0 aliphatic rings. The second-order valence-electron chi connectivity index (χ2n) is 4.80. The van der Waals surface area contributed by atoms with Crippen LogP contribution in [0.3, 0.4) is 0 Å². The Morgan fingerprint density at radius 2 is 2.05 bits per heavy atom. The average Bonchev–Trinajstić information content (AvgIpc) is 3.00. The van der Waals surface area contributed by atoms with Crippen LogP contribution in [0, 0.1) is 6.92 Å². The first-order chi connectivity index (χ1) is 9.74. The largest absolute Gasteiger partial charge is 0.325 e. The van der Waals surface area contributed by atoms with E-state index in [1.54, 1.807) is 11.3 Å². The summed E-state index contributed by atoms with van der Waals surface area (Å²) in [4.78, 5) is 10.5. The quantitative estimate of drug-likeness (QED) is 0.800. The fraction of sp³-hybridized carbons (Fsp3) is 0.333. The Balaban J connectivity index is 2.23. The number of rotatable bonds is 4. The predicted molar refractivity (Wildman–Crippen MR) is 83.8 cm³/mol. The van der Waals surface area contributed by atoms with E-state index in [1.165, 1.54) is 5.52 Å². The molecule has 0 aliphatic heterocycles. The summed E-state index contributed by atoms with van der Waals surface area (Å²) in [6, 6.07) is 8.28. The molecule has 20 heavy (non-hydrogen) atoms. The molecule has 3 aromatic rings. The normalized spacial score (nSPS) is 11.3. The van der Waals surface area contributed by atoms with Crippen molar-refractivity contribution in [2.24, 2.45) is 5.73 Å². The van der Waals surface area contributed by atoms with Crippen molar-refractivity contribution in [1.29, 1.82) is 0 Å². The third kappa shape index (κ3) is 2.13. The first kappa shape index (κ1) is 13.3. The van der Waals surface area contributed by atoms with Crippen molar-refractivity contribution in [3.63, 3.8) is 0 Å². The molecule has 0 radical (unpaired) electrons. The number of hydrogen-bond acceptors (Lipinski definition) is 4. The zero-order valence-corrected chi connectivity index (χ0v) is 12.6. The molecule has 2 heterocycles. The van der Waals surface area contributed by atoms with E-state index in [0.717, 1.165) is 39.9 Å². The van der Waals surface area contributed by atoms with Crippen molar-refractivity contribution in [3.05, 3.63) is 35.0 Å². The van der Waals surface area contributed by atoms with Crippen molar-refractivity contribution >= 4 is 22.4 Å². The summed E-state index contributed by atoms with van der Waals surface area (Å²) in [5, 5.41) is 0.965. The summed E-state index contributed by atoms with van der Waals surface area (Å²) in [7, 11) is 0. The Labute approximate surface area is 122 Å². The maximum atomic E-state index is 5.70. The molecule has 0 atom stereocenters. The monoisotopic (exact) mass is 286 g/mol. The number of para-hydroxylation sites is 2. The highest BCUT2D eigenvalue weighted by Gasteiger charge is 2.17. The SMILES string of the molecule is CCCn1c(-c2sc(CN)nc2C)nc2ccccc21. The Bertz CT molecular complexity index is 741. The molecular formula is C15H18N4S. The van der Waals surface area contributed by atoms with E-state index in [1.807, 2.05) is 13.0 Å². The summed E-state index contributed by atoms with van der Waals surface area (Å²) in [6.45, 7) is 5.66. The molecule has 3 rings (SSSR count). The van der Waals surface area contributed by atoms with Gasteiger partial charge in [-0.3, -0.25) is 0 Å². The fourth-order valence-corrected chi connectivity index (χ4v) is 3.39. The van der Waals surface area contributed by atoms with Crippen LogP contribution in [-0.4, -0.2) is 14.5 Å². The number of aryl methyl sites for hydroxylation is 2. The summed E-state index contributed by atoms with van der Waals surface area (Å²) in [5.41, 5.74) is 8.95. The summed E-state index contributed by atoms with van der Waals surface area (Å²) < 4.78 is 2.29. The second-order valence-corrected chi connectivity index (χ2v) is 5.89.